The maximum absolute atomic E-state index is 9.11. The zero-order chi connectivity index (χ0) is 11.5. The van der Waals surface area contributed by atoms with Crippen LogP contribution in [0.1, 0.15) is 5.69 Å². The first-order chi connectivity index (χ1) is 7.66. The molecule has 1 heterocycles. The fourth-order valence-electron chi connectivity index (χ4n) is 1.25. The molecule has 84 valence electrons. The second-order valence-corrected chi connectivity index (χ2v) is 4.07. The van der Waals surface area contributed by atoms with Crippen molar-refractivity contribution in [1.29, 1.82) is 0 Å². The van der Waals surface area contributed by atoms with Crippen molar-refractivity contribution in [2.75, 3.05) is 0 Å². The number of imidazole rings is 1. The molecule has 0 bridgehead atoms. The predicted molar refractivity (Wildman–Crippen MR) is 63.3 cm³/mol. The van der Waals surface area contributed by atoms with Crippen LogP contribution in [0.25, 0.3) is 0 Å². The van der Waals surface area contributed by atoms with Crippen molar-refractivity contribution >= 4 is 15.9 Å². The Morgan fingerprint density at radius 1 is 1.38 bits per heavy atom. The van der Waals surface area contributed by atoms with Crippen LogP contribution in [-0.2, 0) is 13.7 Å². The molecule has 0 radical (unpaired) electrons. The Morgan fingerprint density at radius 3 is 2.62 bits per heavy atom. The molecular formula is C11H11BrN2O2. The molecule has 0 spiro atoms. The molecule has 4 nitrogen and oxygen atoms in total. The highest BCUT2D eigenvalue weighted by Crippen LogP contribution is 2.18. The molecule has 0 saturated heterocycles. The lowest BCUT2D eigenvalue weighted by Gasteiger charge is -2.06. The summed E-state index contributed by atoms with van der Waals surface area (Å²) < 4.78 is 8.23. The van der Waals surface area contributed by atoms with E-state index in [1.54, 1.807) is 30.5 Å². The summed E-state index contributed by atoms with van der Waals surface area (Å²) >= 11 is 3.32. The van der Waals surface area contributed by atoms with E-state index in [1.807, 2.05) is 11.6 Å². The highest BCUT2D eigenvalue weighted by atomic mass is 79.9. The summed E-state index contributed by atoms with van der Waals surface area (Å²) in [6, 6.07) is 6.63. The van der Waals surface area contributed by atoms with Gasteiger partial charge in [-0.25, -0.2) is 4.98 Å². The quantitative estimate of drug-likeness (QED) is 0.941. The number of hydrogen-bond donors (Lipinski definition) is 1. The molecule has 0 atom stereocenters. The Balaban J connectivity index is 2.02. The average molecular weight is 283 g/mol. The van der Waals surface area contributed by atoms with Gasteiger partial charge >= 0.3 is 0 Å². The summed E-state index contributed by atoms with van der Waals surface area (Å²) in [5, 5.41) is 9.11. The molecule has 0 saturated carbocycles. The largest absolute Gasteiger partial charge is 0.508 e. The van der Waals surface area contributed by atoms with Crippen LogP contribution in [0.2, 0.25) is 0 Å². The number of aromatic hydroxyl groups is 1. The van der Waals surface area contributed by atoms with E-state index in [9.17, 15) is 0 Å². The van der Waals surface area contributed by atoms with Crippen LogP contribution in [-0.4, -0.2) is 14.7 Å². The van der Waals surface area contributed by atoms with Crippen LogP contribution in [0.3, 0.4) is 0 Å². The summed E-state index contributed by atoms with van der Waals surface area (Å²) in [5.74, 6) is 0.950. The SMILES string of the molecule is Cn1c(COc2ccc(O)cc2)cnc1Br. The first-order valence-corrected chi connectivity index (χ1v) is 5.54. The Kier molecular flexibility index (Phi) is 3.14. The summed E-state index contributed by atoms with van der Waals surface area (Å²) in [5.41, 5.74) is 0.972. The molecule has 16 heavy (non-hydrogen) atoms. The number of nitrogens with zero attached hydrogens (tertiary/aromatic N) is 2. The topological polar surface area (TPSA) is 47.3 Å². The number of rotatable bonds is 3. The van der Waals surface area contributed by atoms with Crippen LogP contribution in [0.4, 0.5) is 0 Å². The Hall–Kier alpha value is -1.49. The predicted octanol–water partition coefficient (Wildman–Crippen LogP) is 2.47. The van der Waals surface area contributed by atoms with Crippen molar-refractivity contribution < 1.29 is 9.84 Å². The molecular weight excluding hydrogens is 272 g/mol. The van der Waals surface area contributed by atoms with Gasteiger partial charge < -0.3 is 14.4 Å². The maximum atomic E-state index is 9.11. The molecule has 2 rings (SSSR count). The number of ether oxygens (including phenoxy) is 1. The maximum Gasteiger partial charge on any atom is 0.177 e. The van der Waals surface area contributed by atoms with Gasteiger partial charge in [-0.2, -0.15) is 0 Å². The van der Waals surface area contributed by atoms with Crippen LogP contribution >= 0.6 is 15.9 Å². The van der Waals surface area contributed by atoms with Gasteiger partial charge in [0.1, 0.15) is 18.1 Å². The summed E-state index contributed by atoms with van der Waals surface area (Å²) in [6.45, 7) is 0.444. The zero-order valence-corrected chi connectivity index (χ0v) is 10.3. The Bertz CT molecular complexity index is 479. The molecule has 1 aromatic carbocycles. The minimum absolute atomic E-state index is 0.232. The molecule has 0 aliphatic rings. The molecule has 0 amide bonds. The lowest BCUT2D eigenvalue weighted by atomic mass is 10.3. The summed E-state index contributed by atoms with van der Waals surface area (Å²) in [4.78, 5) is 4.10. The van der Waals surface area contributed by atoms with E-state index in [4.69, 9.17) is 9.84 Å². The number of halogens is 1. The molecule has 5 heteroatoms. The van der Waals surface area contributed by atoms with Gasteiger partial charge in [-0.15, -0.1) is 0 Å². The van der Waals surface area contributed by atoms with Crippen molar-refractivity contribution in [3.05, 3.63) is 40.9 Å². The third kappa shape index (κ3) is 2.36. The smallest absolute Gasteiger partial charge is 0.177 e. The second-order valence-electron chi connectivity index (χ2n) is 3.36. The minimum Gasteiger partial charge on any atom is -0.508 e. The van der Waals surface area contributed by atoms with Crippen molar-refractivity contribution in [2.45, 2.75) is 6.61 Å². The lowest BCUT2D eigenvalue weighted by Crippen LogP contribution is -2.01. The fourth-order valence-corrected chi connectivity index (χ4v) is 1.58. The average Bonchev–Trinajstić information content (AvgIpc) is 2.60. The zero-order valence-electron chi connectivity index (χ0n) is 8.72. The Labute approximate surface area is 102 Å². The van der Waals surface area contributed by atoms with Gasteiger partial charge in [0, 0.05) is 7.05 Å². The van der Waals surface area contributed by atoms with Crippen molar-refractivity contribution in [3.8, 4) is 11.5 Å². The van der Waals surface area contributed by atoms with E-state index in [0.717, 1.165) is 16.2 Å². The fraction of sp³-hybridized carbons (Fsp3) is 0.182. The van der Waals surface area contributed by atoms with Gasteiger partial charge in [-0.05, 0) is 40.2 Å². The standard InChI is InChI=1S/C11H11BrN2O2/c1-14-8(6-13-11(14)12)7-16-10-4-2-9(15)3-5-10/h2-6,15H,7H2,1H3. The van der Waals surface area contributed by atoms with Crippen LogP contribution in [0, 0.1) is 0 Å². The highest BCUT2D eigenvalue weighted by molar-refractivity contribution is 9.10. The number of hydrogen-bond acceptors (Lipinski definition) is 3. The van der Waals surface area contributed by atoms with E-state index in [2.05, 4.69) is 20.9 Å². The van der Waals surface area contributed by atoms with Crippen LogP contribution < -0.4 is 4.74 Å². The lowest BCUT2D eigenvalue weighted by molar-refractivity contribution is 0.296. The van der Waals surface area contributed by atoms with E-state index in [-0.39, 0.29) is 5.75 Å². The van der Waals surface area contributed by atoms with Crippen molar-refractivity contribution in [3.63, 3.8) is 0 Å². The molecule has 0 unspecified atom stereocenters. The Morgan fingerprint density at radius 2 is 2.06 bits per heavy atom. The molecule has 0 aliphatic heterocycles. The summed E-state index contributed by atoms with van der Waals surface area (Å²) in [7, 11) is 1.91. The number of aromatic nitrogens is 2. The monoisotopic (exact) mass is 282 g/mol. The van der Waals surface area contributed by atoms with Crippen LogP contribution in [0.15, 0.2) is 35.2 Å². The van der Waals surface area contributed by atoms with Crippen molar-refractivity contribution in [1.82, 2.24) is 9.55 Å². The molecule has 2 aromatic rings. The summed E-state index contributed by atoms with van der Waals surface area (Å²) in [6.07, 6.45) is 1.75. The first kappa shape index (κ1) is 11.0. The van der Waals surface area contributed by atoms with Gasteiger partial charge in [-0.1, -0.05) is 0 Å². The number of phenolic OH excluding ortho intramolecular Hbond substituents is 1. The van der Waals surface area contributed by atoms with Crippen molar-refractivity contribution in [2.24, 2.45) is 7.05 Å². The van der Waals surface area contributed by atoms with E-state index < -0.39 is 0 Å². The number of benzene rings is 1. The van der Waals surface area contributed by atoms with E-state index >= 15 is 0 Å². The van der Waals surface area contributed by atoms with Gasteiger partial charge in [0.2, 0.25) is 0 Å². The molecule has 1 N–H and O–H groups in total. The van der Waals surface area contributed by atoms with E-state index in [1.165, 1.54) is 0 Å². The minimum atomic E-state index is 0.232. The van der Waals surface area contributed by atoms with Gasteiger partial charge in [0.05, 0.1) is 11.9 Å². The highest BCUT2D eigenvalue weighted by Gasteiger charge is 2.04. The second kappa shape index (κ2) is 4.57. The van der Waals surface area contributed by atoms with Gasteiger partial charge in [-0.3, -0.25) is 0 Å². The molecule has 1 aromatic heterocycles. The third-order valence-corrected chi connectivity index (χ3v) is 2.99. The molecule has 0 aliphatic carbocycles. The first-order valence-electron chi connectivity index (χ1n) is 4.75. The molecule has 0 fully saturated rings. The normalized spacial score (nSPS) is 10.4. The van der Waals surface area contributed by atoms with Gasteiger partial charge in [0.15, 0.2) is 4.73 Å². The van der Waals surface area contributed by atoms with E-state index in [0.29, 0.717) is 6.61 Å². The van der Waals surface area contributed by atoms with Crippen LogP contribution in [0.5, 0.6) is 11.5 Å². The van der Waals surface area contributed by atoms with Gasteiger partial charge in [0.25, 0.3) is 0 Å². The third-order valence-electron chi connectivity index (χ3n) is 2.25. The number of phenols is 1.